The number of aryl methyl sites for hydroxylation is 1. The molecule has 0 amide bonds. The summed E-state index contributed by atoms with van der Waals surface area (Å²) < 4.78 is 0. The minimum atomic E-state index is 0.736. The van der Waals surface area contributed by atoms with Crippen molar-refractivity contribution in [2.75, 3.05) is 18.1 Å². The molecular formula is C16H23NS. The standard InChI is InChI=1S/C16H23NS/c1-3-8-18-9-7-17-16-11-15(12-16)14-6-4-5-13(2)10-14/h3-6,10,15-17H,1,7-9,11-12H2,2H3. The molecule has 1 aromatic carbocycles. The summed E-state index contributed by atoms with van der Waals surface area (Å²) in [6, 6.07) is 9.70. The first-order chi connectivity index (χ1) is 8.79. The number of nitrogens with one attached hydrogen (secondary N) is 1. The summed E-state index contributed by atoms with van der Waals surface area (Å²) in [6.07, 6.45) is 4.58. The van der Waals surface area contributed by atoms with Crippen molar-refractivity contribution in [3.8, 4) is 0 Å². The van der Waals surface area contributed by atoms with Gasteiger partial charge in [0.25, 0.3) is 0 Å². The van der Waals surface area contributed by atoms with Crippen LogP contribution >= 0.6 is 11.8 Å². The third-order valence-electron chi connectivity index (χ3n) is 3.57. The fourth-order valence-corrected chi connectivity index (χ4v) is 3.08. The van der Waals surface area contributed by atoms with Crippen LogP contribution in [0.5, 0.6) is 0 Å². The minimum absolute atomic E-state index is 0.736. The predicted octanol–water partition coefficient (Wildman–Crippen LogP) is 3.75. The molecule has 98 valence electrons. The van der Waals surface area contributed by atoms with Gasteiger partial charge in [-0.25, -0.2) is 0 Å². The fraction of sp³-hybridized carbons (Fsp3) is 0.500. The van der Waals surface area contributed by atoms with Crippen LogP contribution in [0.1, 0.15) is 29.9 Å². The van der Waals surface area contributed by atoms with Gasteiger partial charge in [0.05, 0.1) is 0 Å². The molecule has 1 fully saturated rings. The van der Waals surface area contributed by atoms with Crippen LogP contribution in [0.15, 0.2) is 36.9 Å². The number of thioether (sulfide) groups is 1. The maximum Gasteiger partial charge on any atom is 0.0111 e. The van der Waals surface area contributed by atoms with Crippen molar-refractivity contribution in [3.63, 3.8) is 0 Å². The molecule has 1 N–H and O–H groups in total. The van der Waals surface area contributed by atoms with Crippen LogP contribution < -0.4 is 5.32 Å². The smallest absolute Gasteiger partial charge is 0.0111 e. The zero-order valence-electron chi connectivity index (χ0n) is 11.2. The van der Waals surface area contributed by atoms with E-state index in [1.54, 1.807) is 0 Å². The van der Waals surface area contributed by atoms with E-state index >= 15 is 0 Å². The number of rotatable bonds is 7. The topological polar surface area (TPSA) is 12.0 Å². The number of hydrogen-bond acceptors (Lipinski definition) is 2. The zero-order chi connectivity index (χ0) is 12.8. The summed E-state index contributed by atoms with van der Waals surface area (Å²) in [5, 5.41) is 3.64. The number of hydrogen-bond donors (Lipinski definition) is 1. The normalized spacial score (nSPS) is 22.5. The lowest BCUT2D eigenvalue weighted by Gasteiger charge is -2.36. The van der Waals surface area contributed by atoms with Crippen molar-refractivity contribution in [2.24, 2.45) is 0 Å². The van der Waals surface area contributed by atoms with Crippen LogP contribution in [0, 0.1) is 6.92 Å². The van der Waals surface area contributed by atoms with Crippen molar-refractivity contribution in [1.82, 2.24) is 5.32 Å². The molecule has 0 heterocycles. The molecule has 0 unspecified atom stereocenters. The molecule has 0 saturated heterocycles. The van der Waals surface area contributed by atoms with Gasteiger partial charge in [-0.15, -0.1) is 6.58 Å². The molecule has 0 atom stereocenters. The monoisotopic (exact) mass is 261 g/mol. The maximum atomic E-state index is 3.73. The maximum absolute atomic E-state index is 3.73. The summed E-state index contributed by atoms with van der Waals surface area (Å²) in [5.41, 5.74) is 2.90. The third kappa shape index (κ3) is 3.89. The van der Waals surface area contributed by atoms with E-state index < -0.39 is 0 Å². The van der Waals surface area contributed by atoms with Gasteiger partial charge in [-0.2, -0.15) is 11.8 Å². The van der Waals surface area contributed by atoms with E-state index in [9.17, 15) is 0 Å². The Bertz CT molecular complexity index is 382. The van der Waals surface area contributed by atoms with Crippen molar-refractivity contribution < 1.29 is 0 Å². The van der Waals surface area contributed by atoms with Gasteiger partial charge in [-0.05, 0) is 31.2 Å². The third-order valence-corrected chi connectivity index (χ3v) is 4.53. The Labute approximate surface area is 115 Å². The van der Waals surface area contributed by atoms with E-state index in [0.29, 0.717) is 0 Å². The molecular weight excluding hydrogens is 238 g/mol. The Morgan fingerprint density at radius 3 is 3.00 bits per heavy atom. The van der Waals surface area contributed by atoms with Gasteiger partial charge in [-0.3, -0.25) is 0 Å². The van der Waals surface area contributed by atoms with Gasteiger partial charge in [0.2, 0.25) is 0 Å². The molecule has 0 bridgehead atoms. The first kappa shape index (κ1) is 13.7. The van der Waals surface area contributed by atoms with Gasteiger partial charge in [0, 0.05) is 24.1 Å². The summed E-state index contributed by atoms with van der Waals surface area (Å²) in [6.45, 7) is 7.03. The van der Waals surface area contributed by atoms with Crippen LogP contribution in [-0.2, 0) is 0 Å². The molecule has 0 aliphatic heterocycles. The first-order valence-corrected chi connectivity index (χ1v) is 7.93. The molecule has 1 nitrogen and oxygen atoms in total. The van der Waals surface area contributed by atoms with Crippen LogP contribution in [-0.4, -0.2) is 24.1 Å². The molecule has 2 heteroatoms. The van der Waals surface area contributed by atoms with Crippen LogP contribution in [0.3, 0.4) is 0 Å². The Kier molecular flexibility index (Phi) is 5.33. The molecule has 0 spiro atoms. The Hall–Kier alpha value is -0.730. The largest absolute Gasteiger partial charge is 0.313 e. The van der Waals surface area contributed by atoms with E-state index in [4.69, 9.17) is 0 Å². The summed E-state index contributed by atoms with van der Waals surface area (Å²) >= 11 is 1.95. The van der Waals surface area contributed by atoms with E-state index in [0.717, 1.165) is 24.3 Å². The lowest BCUT2D eigenvalue weighted by atomic mass is 9.75. The minimum Gasteiger partial charge on any atom is -0.313 e. The van der Waals surface area contributed by atoms with Crippen molar-refractivity contribution in [1.29, 1.82) is 0 Å². The molecule has 0 aromatic heterocycles. The highest BCUT2D eigenvalue weighted by atomic mass is 32.2. The van der Waals surface area contributed by atoms with E-state index in [2.05, 4.69) is 43.1 Å². The Morgan fingerprint density at radius 1 is 1.44 bits per heavy atom. The fourth-order valence-electron chi connectivity index (χ4n) is 2.48. The lowest BCUT2D eigenvalue weighted by Crippen LogP contribution is -2.41. The van der Waals surface area contributed by atoms with Crippen LogP contribution in [0.2, 0.25) is 0 Å². The van der Waals surface area contributed by atoms with E-state index in [-0.39, 0.29) is 0 Å². The van der Waals surface area contributed by atoms with Gasteiger partial charge < -0.3 is 5.32 Å². The SMILES string of the molecule is C=CCSCCNC1CC(c2cccc(C)c2)C1. The van der Waals surface area contributed by atoms with Gasteiger partial charge in [0.1, 0.15) is 0 Å². The Balaban J connectivity index is 1.63. The second kappa shape index (κ2) is 7.01. The predicted molar refractivity (Wildman–Crippen MR) is 82.5 cm³/mol. The highest BCUT2D eigenvalue weighted by Gasteiger charge is 2.29. The molecule has 2 rings (SSSR count). The molecule has 1 saturated carbocycles. The van der Waals surface area contributed by atoms with Crippen molar-refractivity contribution in [2.45, 2.75) is 31.7 Å². The lowest BCUT2D eigenvalue weighted by molar-refractivity contribution is 0.296. The quantitative estimate of drug-likeness (QED) is 0.592. The summed E-state index contributed by atoms with van der Waals surface area (Å²) in [5.74, 6) is 3.04. The Morgan fingerprint density at radius 2 is 2.28 bits per heavy atom. The van der Waals surface area contributed by atoms with Gasteiger partial charge >= 0.3 is 0 Å². The second-order valence-corrected chi connectivity index (χ2v) is 6.25. The molecule has 1 aliphatic carbocycles. The van der Waals surface area contributed by atoms with E-state index in [1.165, 1.54) is 29.7 Å². The average Bonchev–Trinajstić information content (AvgIpc) is 2.31. The average molecular weight is 261 g/mol. The molecule has 1 aromatic rings. The molecule has 18 heavy (non-hydrogen) atoms. The number of benzene rings is 1. The second-order valence-electron chi connectivity index (χ2n) is 5.10. The van der Waals surface area contributed by atoms with Gasteiger partial charge in [0.15, 0.2) is 0 Å². The summed E-state index contributed by atoms with van der Waals surface area (Å²) in [4.78, 5) is 0. The first-order valence-electron chi connectivity index (χ1n) is 6.78. The van der Waals surface area contributed by atoms with Crippen molar-refractivity contribution in [3.05, 3.63) is 48.0 Å². The van der Waals surface area contributed by atoms with Gasteiger partial charge in [-0.1, -0.05) is 35.9 Å². The highest BCUT2D eigenvalue weighted by Crippen LogP contribution is 2.36. The molecule has 0 radical (unpaired) electrons. The van der Waals surface area contributed by atoms with E-state index in [1.807, 2.05) is 17.8 Å². The zero-order valence-corrected chi connectivity index (χ0v) is 12.0. The van der Waals surface area contributed by atoms with Crippen LogP contribution in [0.4, 0.5) is 0 Å². The van der Waals surface area contributed by atoms with Crippen LogP contribution in [0.25, 0.3) is 0 Å². The highest BCUT2D eigenvalue weighted by molar-refractivity contribution is 7.99. The summed E-state index contributed by atoms with van der Waals surface area (Å²) in [7, 11) is 0. The van der Waals surface area contributed by atoms with Crippen molar-refractivity contribution >= 4 is 11.8 Å². The molecule has 1 aliphatic rings.